The number of nitrogens with zero attached hydrogens (tertiary/aromatic N) is 3. The van der Waals surface area contributed by atoms with Gasteiger partial charge in [-0.1, -0.05) is 13.8 Å². The van der Waals surface area contributed by atoms with Crippen molar-refractivity contribution in [1.82, 2.24) is 4.98 Å². The Kier molecular flexibility index (Phi) is 5.42. The highest BCUT2D eigenvalue weighted by atomic mass is 79.9. The fraction of sp³-hybridized carbons (Fsp3) is 0.538. The van der Waals surface area contributed by atoms with E-state index in [1.165, 1.54) is 0 Å². The Morgan fingerprint density at radius 3 is 2.78 bits per heavy atom. The van der Waals surface area contributed by atoms with Gasteiger partial charge in [0.15, 0.2) is 0 Å². The van der Waals surface area contributed by atoms with Gasteiger partial charge in [-0.3, -0.25) is 0 Å². The molecule has 1 rings (SSSR count). The van der Waals surface area contributed by atoms with Gasteiger partial charge in [0.05, 0.1) is 28.8 Å². The minimum absolute atomic E-state index is 0.490. The molecule has 0 saturated carbocycles. The fourth-order valence-electron chi connectivity index (χ4n) is 1.71. The quantitative estimate of drug-likeness (QED) is 0.907. The zero-order valence-electron chi connectivity index (χ0n) is 11.1. The molecule has 0 saturated heterocycles. The summed E-state index contributed by atoms with van der Waals surface area (Å²) in [5.41, 5.74) is 7.50. The third kappa shape index (κ3) is 3.61. The molecule has 1 heterocycles. The second-order valence-corrected chi connectivity index (χ2v) is 5.52. The first-order chi connectivity index (χ1) is 8.47. The van der Waals surface area contributed by atoms with Gasteiger partial charge in [-0.25, -0.2) is 4.98 Å². The summed E-state index contributed by atoms with van der Waals surface area (Å²) in [7, 11) is 0. The first-order valence-corrected chi connectivity index (χ1v) is 6.79. The summed E-state index contributed by atoms with van der Waals surface area (Å²) >= 11 is 3.55. The number of halogens is 1. The van der Waals surface area contributed by atoms with Crippen molar-refractivity contribution in [3.05, 3.63) is 16.2 Å². The number of hydrogen-bond acceptors (Lipinski definition) is 4. The Hall–Kier alpha value is -1.28. The molecule has 4 nitrogen and oxygen atoms in total. The highest BCUT2D eigenvalue weighted by Crippen LogP contribution is 2.30. The number of nitriles is 1. The average molecular weight is 311 g/mol. The third-order valence-corrected chi connectivity index (χ3v) is 3.61. The van der Waals surface area contributed by atoms with Crippen LogP contribution in [0, 0.1) is 24.2 Å². The first-order valence-electron chi connectivity index (χ1n) is 5.99. The van der Waals surface area contributed by atoms with Crippen LogP contribution in [-0.2, 0) is 0 Å². The standard InChI is InChI=1S/C13H19BrN4/c1-9(2)8-18(6-4-5-15)13-12(14)10(3)11(16)7-17-13/h7,9H,4,6,8,16H2,1-3H3. The van der Waals surface area contributed by atoms with E-state index < -0.39 is 0 Å². The zero-order chi connectivity index (χ0) is 13.7. The van der Waals surface area contributed by atoms with E-state index in [-0.39, 0.29) is 0 Å². The SMILES string of the molecule is Cc1c(N)cnc(N(CCC#N)CC(C)C)c1Br. The molecule has 0 aliphatic carbocycles. The largest absolute Gasteiger partial charge is 0.397 e. The van der Waals surface area contributed by atoms with Crippen LogP contribution in [0.5, 0.6) is 0 Å². The van der Waals surface area contributed by atoms with Crippen LogP contribution in [0.3, 0.4) is 0 Å². The van der Waals surface area contributed by atoms with Crippen LogP contribution in [0.4, 0.5) is 11.5 Å². The maximum absolute atomic E-state index is 8.74. The summed E-state index contributed by atoms with van der Waals surface area (Å²) in [6, 6.07) is 2.18. The van der Waals surface area contributed by atoms with Crippen LogP contribution < -0.4 is 10.6 Å². The molecular formula is C13H19BrN4. The summed E-state index contributed by atoms with van der Waals surface area (Å²) in [6.07, 6.45) is 2.17. The van der Waals surface area contributed by atoms with Crippen molar-refractivity contribution in [2.24, 2.45) is 5.92 Å². The summed E-state index contributed by atoms with van der Waals surface area (Å²) in [4.78, 5) is 6.52. The normalized spacial score (nSPS) is 10.4. The topological polar surface area (TPSA) is 65.9 Å². The molecule has 0 aromatic carbocycles. The molecule has 0 spiro atoms. The minimum atomic E-state index is 0.490. The summed E-state index contributed by atoms with van der Waals surface area (Å²) < 4.78 is 0.918. The van der Waals surface area contributed by atoms with Crippen molar-refractivity contribution < 1.29 is 0 Å². The highest BCUT2D eigenvalue weighted by Gasteiger charge is 2.15. The number of nitrogens with two attached hydrogens (primary N) is 1. The van der Waals surface area contributed by atoms with Crippen molar-refractivity contribution in [2.75, 3.05) is 23.7 Å². The molecule has 0 atom stereocenters. The summed E-state index contributed by atoms with van der Waals surface area (Å²) in [6.45, 7) is 7.82. The molecule has 0 bridgehead atoms. The van der Waals surface area contributed by atoms with E-state index in [1.807, 2.05) is 6.92 Å². The maximum atomic E-state index is 8.74. The summed E-state index contributed by atoms with van der Waals surface area (Å²) in [5, 5.41) is 8.74. The molecular weight excluding hydrogens is 292 g/mol. The molecule has 98 valence electrons. The van der Waals surface area contributed by atoms with Crippen LogP contribution in [-0.4, -0.2) is 18.1 Å². The number of aromatic nitrogens is 1. The van der Waals surface area contributed by atoms with Crippen LogP contribution in [0.15, 0.2) is 10.7 Å². The molecule has 2 N–H and O–H groups in total. The predicted octanol–water partition coefficient (Wildman–Crippen LogP) is 3.11. The van der Waals surface area contributed by atoms with Crippen molar-refractivity contribution in [1.29, 1.82) is 5.26 Å². The lowest BCUT2D eigenvalue weighted by atomic mass is 10.2. The van der Waals surface area contributed by atoms with E-state index in [1.54, 1.807) is 6.20 Å². The Morgan fingerprint density at radius 1 is 1.56 bits per heavy atom. The van der Waals surface area contributed by atoms with Crippen molar-refractivity contribution in [3.8, 4) is 6.07 Å². The van der Waals surface area contributed by atoms with Crippen molar-refractivity contribution in [3.63, 3.8) is 0 Å². The van der Waals surface area contributed by atoms with E-state index >= 15 is 0 Å². The lowest BCUT2D eigenvalue weighted by Crippen LogP contribution is -2.30. The number of hydrogen-bond donors (Lipinski definition) is 1. The molecule has 0 aliphatic rings. The monoisotopic (exact) mass is 310 g/mol. The van der Waals surface area contributed by atoms with Gasteiger partial charge in [0.2, 0.25) is 0 Å². The molecule has 0 radical (unpaired) electrons. The van der Waals surface area contributed by atoms with E-state index in [0.717, 1.165) is 22.4 Å². The van der Waals surface area contributed by atoms with Crippen LogP contribution >= 0.6 is 15.9 Å². The Morgan fingerprint density at radius 2 is 2.22 bits per heavy atom. The molecule has 18 heavy (non-hydrogen) atoms. The second-order valence-electron chi connectivity index (χ2n) is 4.72. The van der Waals surface area contributed by atoms with E-state index in [2.05, 4.69) is 45.7 Å². The zero-order valence-corrected chi connectivity index (χ0v) is 12.7. The molecule has 0 fully saturated rings. The molecule has 1 aromatic rings. The fourth-order valence-corrected chi connectivity index (χ4v) is 2.29. The predicted molar refractivity (Wildman–Crippen MR) is 78.4 cm³/mol. The van der Waals surface area contributed by atoms with Gasteiger partial charge in [0, 0.05) is 13.1 Å². The van der Waals surface area contributed by atoms with Gasteiger partial charge in [0.25, 0.3) is 0 Å². The molecule has 0 unspecified atom stereocenters. The Balaban J connectivity index is 3.05. The van der Waals surface area contributed by atoms with Crippen LogP contribution in [0.25, 0.3) is 0 Å². The minimum Gasteiger partial charge on any atom is -0.397 e. The second kappa shape index (κ2) is 6.60. The van der Waals surface area contributed by atoms with Gasteiger partial charge >= 0.3 is 0 Å². The number of anilines is 2. The third-order valence-electron chi connectivity index (χ3n) is 2.66. The van der Waals surface area contributed by atoms with Crippen molar-refractivity contribution in [2.45, 2.75) is 27.2 Å². The Bertz CT molecular complexity index is 451. The summed E-state index contributed by atoms with van der Waals surface area (Å²) in [5.74, 6) is 1.38. The van der Waals surface area contributed by atoms with Crippen molar-refractivity contribution >= 4 is 27.4 Å². The number of pyridine rings is 1. The number of nitrogen functional groups attached to an aromatic ring is 1. The average Bonchev–Trinajstić information content (AvgIpc) is 2.31. The lowest BCUT2D eigenvalue weighted by Gasteiger charge is -2.26. The van der Waals surface area contributed by atoms with Gasteiger partial charge in [-0.15, -0.1) is 0 Å². The van der Waals surface area contributed by atoms with Gasteiger partial charge < -0.3 is 10.6 Å². The molecule has 1 aromatic heterocycles. The Labute approximate surface area is 117 Å². The van der Waals surface area contributed by atoms with E-state index in [0.29, 0.717) is 24.6 Å². The van der Waals surface area contributed by atoms with Crippen LogP contribution in [0.1, 0.15) is 25.8 Å². The maximum Gasteiger partial charge on any atom is 0.143 e. The molecule has 5 heteroatoms. The first kappa shape index (κ1) is 14.8. The smallest absolute Gasteiger partial charge is 0.143 e. The molecule has 0 amide bonds. The van der Waals surface area contributed by atoms with Gasteiger partial charge in [0.1, 0.15) is 5.82 Å². The lowest BCUT2D eigenvalue weighted by molar-refractivity contribution is 0.607. The van der Waals surface area contributed by atoms with E-state index in [4.69, 9.17) is 11.0 Å². The van der Waals surface area contributed by atoms with Gasteiger partial charge in [-0.05, 0) is 34.3 Å². The van der Waals surface area contributed by atoms with Crippen LogP contribution in [0.2, 0.25) is 0 Å². The van der Waals surface area contributed by atoms with E-state index in [9.17, 15) is 0 Å². The highest BCUT2D eigenvalue weighted by molar-refractivity contribution is 9.10. The van der Waals surface area contributed by atoms with Gasteiger partial charge in [-0.2, -0.15) is 5.26 Å². The number of rotatable bonds is 5. The molecule has 0 aliphatic heterocycles.